The molecule has 0 unspecified atom stereocenters. The van der Waals surface area contributed by atoms with Crippen LogP contribution in [0.25, 0.3) is 0 Å². The number of halogens is 1. The van der Waals surface area contributed by atoms with Gasteiger partial charge in [0.25, 0.3) is 0 Å². The van der Waals surface area contributed by atoms with Crippen molar-refractivity contribution in [3.63, 3.8) is 0 Å². The summed E-state index contributed by atoms with van der Waals surface area (Å²) in [6.07, 6.45) is 4.81. The van der Waals surface area contributed by atoms with Gasteiger partial charge < -0.3 is 5.73 Å². The summed E-state index contributed by atoms with van der Waals surface area (Å²) in [5.41, 5.74) is 5.30. The number of nitrogens with two attached hydrogens (primary N) is 1. The predicted molar refractivity (Wildman–Crippen MR) is 48.8 cm³/mol. The van der Waals surface area contributed by atoms with E-state index in [4.69, 9.17) is 5.73 Å². The zero-order valence-electron chi connectivity index (χ0n) is 7.38. The van der Waals surface area contributed by atoms with Crippen molar-refractivity contribution >= 4 is 0 Å². The van der Waals surface area contributed by atoms with Gasteiger partial charge in [-0.25, -0.2) is 4.39 Å². The normalized spacial score (nSPS) is 22.2. The number of piperidine rings is 1. The van der Waals surface area contributed by atoms with Gasteiger partial charge in [-0.05, 0) is 12.8 Å². The summed E-state index contributed by atoms with van der Waals surface area (Å²) >= 11 is 0. The van der Waals surface area contributed by atoms with E-state index < -0.39 is 6.17 Å². The van der Waals surface area contributed by atoms with Crippen molar-refractivity contribution in [3.8, 4) is 0 Å². The highest BCUT2D eigenvalue weighted by atomic mass is 19.1. The van der Waals surface area contributed by atoms with E-state index in [-0.39, 0.29) is 0 Å². The van der Waals surface area contributed by atoms with Crippen molar-refractivity contribution in [2.24, 2.45) is 5.73 Å². The Morgan fingerprint density at radius 2 is 2.00 bits per heavy atom. The summed E-state index contributed by atoms with van der Waals surface area (Å²) in [5, 5.41) is 0. The molecule has 0 saturated carbocycles. The van der Waals surface area contributed by atoms with Crippen LogP contribution in [0.2, 0.25) is 0 Å². The summed E-state index contributed by atoms with van der Waals surface area (Å²) in [5.74, 6) is 0. The van der Waals surface area contributed by atoms with Crippen LogP contribution in [0, 0.1) is 0 Å². The minimum absolute atomic E-state index is 0.570. The third kappa shape index (κ3) is 3.32. The van der Waals surface area contributed by atoms with Gasteiger partial charge in [-0.15, -0.1) is 0 Å². The molecular weight excluding hydrogens is 155 g/mol. The van der Waals surface area contributed by atoms with Gasteiger partial charge in [0.05, 0.1) is 0 Å². The van der Waals surface area contributed by atoms with Crippen LogP contribution in [-0.4, -0.2) is 37.3 Å². The number of nitrogens with zero attached hydrogens (tertiary/aromatic N) is 1. The molecule has 0 spiro atoms. The van der Waals surface area contributed by atoms with Gasteiger partial charge in [0.2, 0.25) is 0 Å². The smallest absolute Gasteiger partial charge is 0.103 e. The number of hydrogen-bond acceptors (Lipinski definition) is 2. The zero-order valence-corrected chi connectivity index (χ0v) is 7.38. The van der Waals surface area contributed by atoms with Crippen molar-refractivity contribution in [3.05, 3.63) is 12.2 Å². The Morgan fingerprint density at radius 1 is 1.33 bits per heavy atom. The molecule has 1 aliphatic rings. The minimum Gasteiger partial charge on any atom is -0.327 e. The lowest BCUT2D eigenvalue weighted by molar-refractivity contribution is 0.162. The van der Waals surface area contributed by atoms with Crippen LogP contribution in [-0.2, 0) is 0 Å². The lowest BCUT2D eigenvalue weighted by Crippen LogP contribution is -2.34. The van der Waals surface area contributed by atoms with Gasteiger partial charge in [0.15, 0.2) is 0 Å². The van der Waals surface area contributed by atoms with Crippen molar-refractivity contribution in [1.82, 2.24) is 4.90 Å². The van der Waals surface area contributed by atoms with Gasteiger partial charge in [0, 0.05) is 26.2 Å². The second-order valence-corrected chi connectivity index (χ2v) is 3.18. The third-order valence-electron chi connectivity index (χ3n) is 2.18. The molecule has 0 aromatic heterocycles. The molecule has 0 radical (unpaired) electrons. The first-order chi connectivity index (χ1) is 5.83. The lowest BCUT2D eigenvalue weighted by Gasteiger charge is -2.27. The Labute approximate surface area is 73.2 Å². The Morgan fingerprint density at radius 3 is 2.58 bits per heavy atom. The van der Waals surface area contributed by atoms with Crippen LogP contribution in [0.5, 0.6) is 0 Å². The molecule has 0 bridgehead atoms. The third-order valence-corrected chi connectivity index (χ3v) is 2.18. The summed E-state index contributed by atoms with van der Waals surface area (Å²) < 4.78 is 12.7. The highest BCUT2D eigenvalue weighted by molar-refractivity contribution is 4.86. The molecule has 0 aliphatic carbocycles. The number of rotatable bonds is 3. The maximum atomic E-state index is 12.7. The molecule has 1 heterocycles. The van der Waals surface area contributed by atoms with Crippen molar-refractivity contribution < 1.29 is 4.39 Å². The highest BCUT2D eigenvalue weighted by Gasteiger charge is 2.16. The van der Waals surface area contributed by atoms with Gasteiger partial charge >= 0.3 is 0 Å². The van der Waals surface area contributed by atoms with E-state index in [0.29, 0.717) is 19.4 Å². The molecular formula is C9H17FN2. The molecule has 1 rings (SSSR count). The molecule has 0 aromatic rings. The number of hydrogen-bond donors (Lipinski definition) is 1. The fourth-order valence-electron chi connectivity index (χ4n) is 1.40. The largest absolute Gasteiger partial charge is 0.327 e. The van der Waals surface area contributed by atoms with Crippen molar-refractivity contribution in [2.75, 3.05) is 26.2 Å². The molecule has 12 heavy (non-hydrogen) atoms. The summed E-state index contributed by atoms with van der Waals surface area (Å²) in [4.78, 5) is 2.25. The van der Waals surface area contributed by atoms with Crippen LogP contribution >= 0.6 is 0 Å². The average molecular weight is 172 g/mol. The molecule has 3 heteroatoms. The minimum atomic E-state index is -0.570. The van der Waals surface area contributed by atoms with Crippen LogP contribution in [0.15, 0.2) is 12.2 Å². The monoisotopic (exact) mass is 172 g/mol. The molecule has 1 saturated heterocycles. The van der Waals surface area contributed by atoms with Crippen LogP contribution in [0.1, 0.15) is 12.8 Å². The van der Waals surface area contributed by atoms with Gasteiger partial charge in [-0.3, -0.25) is 4.90 Å². The molecule has 0 atom stereocenters. The molecule has 0 amide bonds. The second kappa shape index (κ2) is 5.27. The van der Waals surface area contributed by atoms with E-state index >= 15 is 0 Å². The van der Waals surface area contributed by atoms with Crippen LogP contribution in [0.3, 0.4) is 0 Å². The Hall–Kier alpha value is -0.410. The molecule has 0 aromatic carbocycles. The van der Waals surface area contributed by atoms with E-state index in [1.54, 1.807) is 0 Å². The van der Waals surface area contributed by atoms with Crippen molar-refractivity contribution in [2.45, 2.75) is 19.0 Å². The predicted octanol–water partition coefficient (Wildman–Crippen LogP) is 0.935. The lowest BCUT2D eigenvalue weighted by atomic mass is 10.1. The number of likely N-dealkylation sites (tertiary alicyclic amines) is 1. The van der Waals surface area contributed by atoms with Crippen molar-refractivity contribution in [1.29, 1.82) is 0 Å². The highest BCUT2D eigenvalue weighted by Crippen LogP contribution is 2.12. The molecule has 1 aliphatic heterocycles. The summed E-state index contributed by atoms with van der Waals surface area (Å²) in [6, 6.07) is 0. The standard InChI is InChI=1S/C9H17FN2/c10-9-3-7-12(8-4-9)6-2-1-5-11/h1-2,9H,3-8,11H2/b2-1+. The molecule has 1 fully saturated rings. The quantitative estimate of drug-likeness (QED) is 0.642. The van der Waals surface area contributed by atoms with E-state index in [1.165, 1.54) is 0 Å². The Kier molecular flexibility index (Phi) is 4.25. The van der Waals surface area contributed by atoms with E-state index in [0.717, 1.165) is 19.6 Å². The first-order valence-corrected chi connectivity index (χ1v) is 4.54. The Bertz CT molecular complexity index is 139. The molecule has 2 nitrogen and oxygen atoms in total. The van der Waals surface area contributed by atoms with Gasteiger partial charge in [-0.1, -0.05) is 12.2 Å². The maximum Gasteiger partial charge on any atom is 0.103 e. The maximum absolute atomic E-state index is 12.7. The summed E-state index contributed by atoms with van der Waals surface area (Å²) in [6.45, 7) is 3.29. The average Bonchev–Trinajstić information content (AvgIpc) is 2.09. The second-order valence-electron chi connectivity index (χ2n) is 3.18. The first kappa shape index (κ1) is 9.68. The van der Waals surface area contributed by atoms with E-state index in [2.05, 4.69) is 11.0 Å². The fourth-order valence-corrected chi connectivity index (χ4v) is 1.40. The Balaban J connectivity index is 2.13. The first-order valence-electron chi connectivity index (χ1n) is 4.54. The van der Waals surface area contributed by atoms with Crippen LogP contribution in [0.4, 0.5) is 4.39 Å². The van der Waals surface area contributed by atoms with E-state index in [9.17, 15) is 4.39 Å². The molecule has 2 N–H and O–H groups in total. The zero-order chi connectivity index (χ0) is 8.81. The van der Waals surface area contributed by atoms with E-state index in [1.807, 2.05) is 6.08 Å². The molecule has 70 valence electrons. The van der Waals surface area contributed by atoms with Gasteiger partial charge in [-0.2, -0.15) is 0 Å². The summed E-state index contributed by atoms with van der Waals surface area (Å²) in [7, 11) is 0. The SMILES string of the molecule is NC/C=C/CN1CCC(F)CC1. The van der Waals surface area contributed by atoms with Crippen LogP contribution < -0.4 is 5.73 Å². The number of alkyl halides is 1. The topological polar surface area (TPSA) is 29.3 Å². The fraction of sp³-hybridized carbons (Fsp3) is 0.778. The van der Waals surface area contributed by atoms with Gasteiger partial charge in [0.1, 0.15) is 6.17 Å².